The molecule has 10 heteroatoms. The Hall–Kier alpha value is -3.04. The first-order valence-corrected chi connectivity index (χ1v) is 9.36. The summed E-state index contributed by atoms with van der Waals surface area (Å²) in [5.74, 6) is -0.891. The Labute approximate surface area is 172 Å². The average molecular weight is 426 g/mol. The number of aryl methyl sites for hydroxylation is 1. The quantitative estimate of drug-likeness (QED) is 0.688. The van der Waals surface area contributed by atoms with E-state index in [1.54, 1.807) is 32.9 Å². The van der Waals surface area contributed by atoms with Crippen LogP contribution in [0.5, 0.6) is 0 Å². The number of nitrogens with zero attached hydrogens (tertiary/aromatic N) is 2. The van der Waals surface area contributed by atoms with Crippen molar-refractivity contribution in [2.45, 2.75) is 45.9 Å². The van der Waals surface area contributed by atoms with E-state index in [-0.39, 0.29) is 18.8 Å². The van der Waals surface area contributed by atoms with Gasteiger partial charge in [0.1, 0.15) is 5.60 Å². The van der Waals surface area contributed by atoms with Gasteiger partial charge in [-0.15, -0.1) is 0 Å². The lowest BCUT2D eigenvalue weighted by atomic mass is 10.2. The van der Waals surface area contributed by atoms with Crippen molar-refractivity contribution >= 4 is 12.0 Å². The Morgan fingerprint density at radius 2 is 1.67 bits per heavy atom. The second-order valence-corrected chi connectivity index (χ2v) is 7.69. The fourth-order valence-corrected chi connectivity index (χ4v) is 2.56. The number of benzene rings is 1. The number of carbonyl (C=O) groups excluding carboxylic acids is 2. The van der Waals surface area contributed by atoms with E-state index in [0.29, 0.717) is 11.1 Å². The lowest BCUT2D eigenvalue weighted by Gasteiger charge is -2.19. The molecule has 1 aromatic carbocycles. The van der Waals surface area contributed by atoms with Crippen LogP contribution in [0.4, 0.5) is 18.0 Å². The SMILES string of the molecule is Cc1ccc(-n2ncc(C(=O)NCCCNC(=O)OC(C)(C)C)c2C(F)(F)F)cc1. The van der Waals surface area contributed by atoms with Gasteiger partial charge in [0.05, 0.1) is 17.4 Å². The second kappa shape index (κ2) is 9.19. The smallest absolute Gasteiger partial charge is 0.434 e. The van der Waals surface area contributed by atoms with Crippen LogP contribution in [0.2, 0.25) is 0 Å². The summed E-state index contributed by atoms with van der Waals surface area (Å²) in [7, 11) is 0. The number of alkyl carbamates (subject to hydrolysis) is 1. The molecule has 0 aliphatic heterocycles. The monoisotopic (exact) mass is 426 g/mol. The zero-order valence-corrected chi connectivity index (χ0v) is 17.3. The molecule has 0 unspecified atom stereocenters. The molecule has 0 bridgehead atoms. The first-order valence-electron chi connectivity index (χ1n) is 9.36. The Kier molecular flexibility index (Phi) is 7.12. The lowest BCUT2D eigenvalue weighted by Crippen LogP contribution is -2.34. The van der Waals surface area contributed by atoms with Crippen molar-refractivity contribution in [3.8, 4) is 5.69 Å². The van der Waals surface area contributed by atoms with Crippen molar-refractivity contribution < 1.29 is 27.5 Å². The third-order valence-corrected chi connectivity index (χ3v) is 3.87. The van der Waals surface area contributed by atoms with Gasteiger partial charge in [-0.05, 0) is 46.2 Å². The van der Waals surface area contributed by atoms with Crippen molar-refractivity contribution in [3.05, 3.63) is 47.3 Å². The minimum atomic E-state index is -4.77. The molecular formula is C20H25F3N4O3. The van der Waals surface area contributed by atoms with E-state index in [2.05, 4.69) is 15.7 Å². The molecule has 2 amide bonds. The first kappa shape index (κ1) is 23.2. The number of halogens is 3. The fraction of sp³-hybridized carbons (Fsp3) is 0.450. The Balaban J connectivity index is 2.01. The van der Waals surface area contributed by atoms with Gasteiger partial charge in [-0.2, -0.15) is 18.3 Å². The van der Waals surface area contributed by atoms with Crippen molar-refractivity contribution in [2.75, 3.05) is 13.1 Å². The number of aromatic nitrogens is 2. The molecule has 1 heterocycles. The van der Waals surface area contributed by atoms with Crippen LogP contribution < -0.4 is 10.6 Å². The molecule has 30 heavy (non-hydrogen) atoms. The van der Waals surface area contributed by atoms with Crippen molar-refractivity contribution in [1.29, 1.82) is 0 Å². The molecule has 0 saturated heterocycles. The largest absolute Gasteiger partial charge is 0.444 e. The molecular weight excluding hydrogens is 401 g/mol. The summed E-state index contributed by atoms with van der Waals surface area (Å²) in [6.07, 6.45) is -4.16. The van der Waals surface area contributed by atoms with Gasteiger partial charge in [-0.3, -0.25) is 4.79 Å². The molecule has 0 spiro atoms. The van der Waals surface area contributed by atoms with Crippen molar-refractivity contribution in [1.82, 2.24) is 20.4 Å². The zero-order chi connectivity index (χ0) is 22.5. The van der Waals surface area contributed by atoms with E-state index >= 15 is 0 Å². The molecule has 2 N–H and O–H groups in total. The van der Waals surface area contributed by atoms with Crippen LogP contribution in [-0.2, 0) is 10.9 Å². The van der Waals surface area contributed by atoms with Crippen LogP contribution >= 0.6 is 0 Å². The highest BCUT2D eigenvalue weighted by molar-refractivity contribution is 5.95. The second-order valence-electron chi connectivity index (χ2n) is 7.69. The maximum atomic E-state index is 13.6. The van der Waals surface area contributed by atoms with E-state index in [4.69, 9.17) is 4.74 Å². The van der Waals surface area contributed by atoms with Gasteiger partial charge in [-0.1, -0.05) is 17.7 Å². The minimum Gasteiger partial charge on any atom is -0.444 e. The summed E-state index contributed by atoms with van der Waals surface area (Å²) < 4.78 is 46.7. The van der Waals surface area contributed by atoms with Crippen LogP contribution in [-0.4, -0.2) is 40.5 Å². The minimum absolute atomic E-state index is 0.0711. The van der Waals surface area contributed by atoms with E-state index < -0.39 is 35.0 Å². The van der Waals surface area contributed by atoms with Crippen molar-refractivity contribution in [2.24, 2.45) is 0 Å². The van der Waals surface area contributed by atoms with Gasteiger partial charge in [0.15, 0.2) is 5.69 Å². The Morgan fingerprint density at radius 3 is 2.23 bits per heavy atom. The number of alkyl halides is 3. The summed E-state index contributed by atoms with van der Waals surface area (Å²) in [5, 5.41) is 8.70. The number of hydrogen-bond acceptors (Lipinski definition) is 4. The molecule has 0 saturated carbocycles. The van der Waals surface area contributed by atoms with Gasteiger partial charge in [-0.25, -0.2) is 9.48 Å². The van der Waals surface area contributed by atoms with Gasteiger partial charge in [0.25, 0.3) is 5.91 Å². The van der Waals surface area contributed by atoms with E-state index in [0.717, 1.165) is 11.8 Å². The molecule has 2 rings (SSSR count). The lowest BCUT2D eigenvalue weighted by molar-refractivity contribution is -0.143. The van der Waals surface area contributed by atoms with E-state index in [1.807, 2.05) is 6.92 Å². The molecule has 164 valence electrons. The summed E-state index contributed by atoms with van der Waals surface area (Å²) in [6, 6.07) is 6.33. The highest BCUT2D eigenvalue weighted by Gasteiger charge is 2.40. The van der Waals surface area contributed by atoms with E-state index in [1.165, 1.54) is 12.1 Å². The Bertz CT molecular complexity index is 884. The highest BCUT2D eigenvalue weighted by atomic mass is 19.4. The number of amides is 2. The molecule has 0 fully saturated rings. The number of nitrogens with one attached hydrogen (secondary N) is 2. The normalized spacial score (nSPS) is 11.8. The van der Waals surface area contributed by atoms with Crippen molar-refractivity contribution in [3.63, 3.8) is 0 Å². The zero-order valence-electron chi connectivity index (χ0n) is 17.3. The fourth-order valence-electron chi connectivity index (χ4n) is 2.56. The van der Waals surface area contributed by atoms with Crippen LogP contribution in [0.3, 0.4) is 0 Å². The summed E-state index contributed by atoms with van der Waals surface area (Å²) in [5.41, 5.74) is -1.26. The highest BCUT2D eigenvalue weighted by Crippen LogP contribution is 2.33. The third kappa shape index (κ3) is 6.50. The molecule has 0 aliphatic rings. The molecule has 0 atom stereocenters. The van der Waals surface area contributed by atoms with Gasteiger partial charge < -0.3 is 15.4 Å². The molecule has 0 aliphatic carbocycles. The topological polar surface area (TPSA) is 85.3 Å². The maximum absolute atomic E-state index is 13.6. The standard InChI is InChI=1S/C20H25F3N4O3/c1-13-6-8-14(9-7-13)27-16(20(21,22)23)15(12-26-27)17(28)24-10-5-11-25-18(29)30-19(2,3)4/h6-9,12H,5,10-11H2,1-4H3,(H,24,28)(H,25,29). The molecule has 2 aromatic rings. The average Bonchev–Trinajstić information content (AvgIpc) is 3.06. The predicted octanol–water partition coefficient (Wildman–Crippen LogP) is 3.84. The first-order chi connectivity index (χ1) is 13.9. The molecule has 7 nitrogen and oxygen atoms in total. The predicted molar refractivity (Wildman–Crippen MR) is 104 cm³/mol. The van der Waals surface area contributed by atoms with Gasteiger partial charge >= 0.3 is 12.3 Å². The molecule has 1 aromatic heterocycles. The van der Waals surface area contributed by atoms with Crippen LogP contribution in [0.25, 0.3) is 5.69 Å². The number of hydrogen-bond donors (Lipinski definition) is 2. The van der Waals surface area contributed by atoms with Gasteiger partial charge in [0.2, 0.25) is 0 Å². The van der Waals surface area contributed by atoms with Crippen LogP contribution in [0.15, 0.2) is 30.5 Å². The number of ether oxygens (including phenoxy) is 1. The summed E-state index contributed by atoms with van der Waals surface area (Å²) in [4.78, 5) is 23.9. The van der Waals surface area contributed by atoms with Gasteiger partial charge in [0, 0.05) is 13.1 Å². The Morgan fingerprint density at radius 1 is 1.07 bits per heavy atom. The summed E-state index contributed by atoms with van der Waals surface area (Å²) >= 11 is 0. The maximum Gasteiger partial charge on any atom is 0.434 e. The third-order valence-electron chi connectivity index (χ3n) is 3.87. The number of carbonyl (C=O) groups is 2. The van der Waals surface area contributed by atoms with Crippen LogP contribution in [0, 0.1) is 6.92 Å². The van der Waals surface area contributed by atoms with Crippen LogP contribution in [0.1, 0.15) is 48.8 Å². The summed E-state index contributed by atoms with van der Waals surface area (Å²) in [6.45, 7) is 7.26. The number of rotatable bonds is 6. The molecule has 0 radical (unpaired) electrons. The van der Waals surface area contributed by atoms with E-state index in [9.17, 15) is 22.8 Å².